The lowest BCUT2D eigenvalue weighted by Gasteiger charge is -2.41. The molecule has 1 heterocycles. The zero-order valence-electron chi connectivity index (χ0n) is 48.5. The first kappa shape index (κ1) is 71.3. The highest BCUT2D eigenvalue weighted by Crippen LogP contribution is 2.26. The van der Waals surface area contributed by atoms with Crippen molar-refractivity contribution in [3.63, 3.8) is 0 Å². The van der Waals surface area contributed by atoms with Gasteiger partial charge in [0.15, 0.2) is 12.4 Å². The fourth-order valence-corrected chi connectivity index (χ4v) is 8.82. The summed E-state index contributed by atoms with van der Waals surface area (Å²) in [6, 6.07) is -1.04. The summed E-state index contributed by atoms with van der Waals surface area (Å²) in [7, 11) is 0. The molecule has 1 rings (SSSR count). The largest absolute Gasteiger partial charge is 0.454 e. The van der Waals surface area contributed by atoms with Crippen LogP contribution < -0.4 is 5.32 Å². The molecule has 8 atom stereocenters. The van der Waals surface area contributed by atoms with Crippen LogP contribution in [-0.4, -0.2) is 99.6 Å². The molecule has 1 aliphatic rings. The predicted octanol–water partition coefficient (Wildman–Crippen LogP) is 14.5. The average molecular weight is 1080 g/mol. The maximum atomic E-state index is 13.4. The second-order valence-corrected chi connectivity index (χ2v) is 20.7. The van der Waals surface area contributed by atoms with E-state index >= 15 is 0 Å². The van der Waals surface area contributed by atoms with Crippen molar-refractivity contribution in [2.24, 2.45) is 0 Å². The standard InChI is InChI=1S/C66H111NO10/c1-4-7-10-13-16-19-22-24-26-27-28-29-30-31-32-33-34-36-39-42-45-48-51-54-61(71)77-64-63(73)62(72)60(55-68)76-66(64)75-56-57(58(69)52-49-46-43-40-37-21-18-15-12-9-6-3)67-65(74)59(70)53-50-47-44-41-38-35-25-23-20-17-14-11-8-5-2/h7,10,16-17,19-20,23-26,28-29,31-32,34,36,49,52,57-60,62-64,66,68-70,72-73H,4-6,8-9,11-15,18,21-22,27,30,33,35,37-48,50-51,53-56H2,1-3H3,(H,67,74)/b10-7-,19-16-,20-17+,25-23+,26-24-,29-28-,32-31-,36-34-,52-49+. The van der Waals surface area contributed by atoms with E-state index in [1.165, 1.54) is 57.8 Å². The molecule has 77 heavy (non-hydrogen) atoms. The maximum Gasteiger partial charge on any atom is 0.306 e. The second-order valence-electron chi connectivity index (χ2n) is 20.7. The quantitative estimate of drug-likeness (QED) is 0.0149. The lowest BCUT2D eigenvalue weighted by Crippen LogP contribution is -2.61. The number of hydrogen-bond acceptors (Lipinski definition) is 10. The Morgan fingerprint density at radius 2 is 0.974 bits per heavy atom. The Morgan fingerprint density at radius 3 is 1.51 bits per heavy atom. The highest BCUT2D eigenvalue weighted by Gasteiger charge is 2.47. The average Bonchev–Trinajstić information content (AvgIpc) is 3.43. The lowest BCUT2D eigenvalue weighted by molar-refractivity contribution is -0.305. The molecular weight excluding hydrogens is 967 g/mol. The Balaban J connectivity index is 2.68. The molecule has 1 saturated heterocycles. The molecule has 1 amide bonds. The van der Waals surface area contributed by atoms with E-state index in [0.29, 0.717) is 12.8 Å². The van der Waals surface area contributed by atoms with Crippen molar-refractivity contribution in [2.45, 2.75) is 282 Å². The molecule has 11 nitrogen and oxygen atoms in total. The molecule has 0 radical (unpaired) electrons. The smallest absolute Gasteiger partial charge is 0.306 e. The number of hydrogen-bond donors (Lipinski definition) is 6. The van der Waals surface area contributed by atoms with Gasteiger partial charge >= 0.3 is 5.97 Å². The molecule has 11 heteroatoms. The van der Waals surface area contributed by atoms with E-state index in [4.69, 9.17) is 14.2 Å². The minimum absolute atomic E-state index is 0.0862. The second kappa shape index (κ2) is 53.0. The van der Waals surface area contributed by atoms with E-state index in [1.54, 1.807) is 6.08 Å². The summed E-state index contributed by atoms with van der Waals surface area (Å²) in [5.74, 6) is -1.24. The third-order valence-corrected chi connectivity index (χ3v) is 13.7. The first-order valence-electron chi connectivity index (χ1n) is 30.7. The number of rotatable bonds is 50. The normalized spacial score (nSPS) is 19.8. The van der Waals surface area contributed by atoms with Gasteiger partial charge in [-0.15, -0.1) is 0 Å². The van der Waals surface area contributed by atoms with E-state index in [2.05, 4.69) is 123 Å². The van der Waals surface area contributed by atoms with Crippen LogP contribution in [0.2, 0.25) is 0 Å². The third-order valence-electron chi connectivity index (χ3n) is 13.7. The van der Waals surface area contributed by atoms with Gasteiger partial charge in [0, 0.05) is 6.42 Å². The van der Waals surface area contributed by atoms with Crippen LogP contribution in [-0.2, 0) is 23.8 Å². The summed E-state index contributed by atoms with van der Waals surface area (Å²) in [6.45, 7) is 5.60. The van der Waals surface area contributed by atoms with Gasteiger partial charge in [0.2, 0.25) is 5.91 Å². The molecule has 8 unspecified atom stereocenters. The van der Waals surface area contributed by atoms with Gasteiger partial charge in [-0.25, -0.2) is 0 Å². The summed E-state index contributed by atoms with van der Waals surface area (Å²) >= 11 is 0. The zero-order chi connectivity index (χ0) is 56.1. The number of amides is 1. The maximum absolute atomic E-state index is 13.4. The number of nitrogens with one attached hydrogen (secondary N) is 1. The van der Waals surface area contributed by atoms with Crippen LogP contribution in [0, 0.1) is 0 Å². The number of carbonyl (C=O) groups excluding carboxylic acids is 2. The van der Waals surface area contributed by atoms with Gasteiger partial charge in [-0.3, -0.25) is 9.59 Å². The van der Waals surface area contributed by atoms with Crippen LogP contribution in [0.25, 0.3) is 0 Å². The van der Waals surface area contributed by atoms with E-state index in [9.17, 15) is 35.1 Å². The van der Waals surface area contributed by atoms with Crippen LogP contribution in [0.1, 0.15) is 233 Å². The SMILES string of the molecule is CC/C=C\C/C=C\C/C=C\C/C=C\C/C=C\C/C=C\CCCCCCC(=O)OC1C(OCC(NC(=O)C(O)CCCCCCC/C=C/C=C/CCCCC)C(O)/C=C/CCCCCCCCCCC)OC(CO)C(O)C1O. The van der Waals surface area contributed by atoms with Crippen LogP contribution in [0.4, 0.5) is 0 Å². The van der Waals surface area contributed by atoms with E-state index in [-0.39, 0.29) is 19.4 Å². The molecule has 0 aliphatic carbocycles. The molecular formula is C66H111NO10. The van der Waals surface area contributed by atoms with Gasteiger partial charge in [0.05, 0.1) is 25.4 Å². The van der Waals surface area contributed by atoms with Crippen molar-refractivity contribution < 1.29 is 49.3 Å². The van der Waals surface area contributed by atoms with Gasteiger partial charge in [-0.2, -0.15) is 0 Å². The molecule has 0 saturated carbocycles. The lowest BCUT2D eigenvalue weighted by atomic mass is 9.99. The molecule has 440 valence electrons. The summed E-state index contributed by atoms with van der Waals surface area (Å²) in [5.41, 5.74) is 0. The number of ether oxygens (including phenoxy) is 3. The topological polar surface area (TPSA) is 175 Å². The number of aliphatic hydroxyl groups is 5. The number of unbranched alkanes of at least 4 members (excludes halogenated alkanes) is 21. The zero-order valence-corrected chi connectivity index (χ0v) is 48.5. The van der Waals surface area contributed by atoms with Crippen LogP contribution in [0.3, 0.4) is 0 Å². The summed E-state index contributed by atoms with van der Waals surface area (Å²) < 4.78 is 17.6. The Bertz CT molecular complexity index is 1660. The van der Waals surface area contributed by atoms with Gasteiger partial charge in [-0.05, 0) is 103 Å². The first-order valence-corrected chi connectivity index (χ1v) is 30.7. The van der Waals surface area contributed by atoms with Gasteiger partial charge in [0.25, 0.3) is 0 Å². The summed E-state index contributed by atoms with van der Waals surface area (Å²) in [4.78, 5) is 26.5. The number of allylic oxidation sites excluding steroid dienone is 17. The Hall–Kier alpha value is -3.68. The van der Waals surface area contributed by atoms with Crippen LogP contribution in [0.15, 0.2) is 109 Å². The molecule has 6 N–H and O–H groups in total. The van der Waals surface area contributed by atoms with E-state index in [1.807, 2.05) is 6.08 Å². The Labute approximate surface area is 468 Å². The van der Waals surface area contributed by atoms with E-state index < -0.39 is 67.4 Å². The molecule has 0 aromatic heterocycles. The van der Waals surface area contributed by atoms with E-state index in [0.717, 1.165) is 128 Å². The minimum Gasteiger partial charge on any atom is -0.454 e. The van der Waals surface area contributed by atoms with Gasteiger partial charge < -0.3 is 45.1 Å². The van der Waals surface area contributed by atoms with Crippen molar-refractivity contribution in [2.75, 3.05) is 13.2 Å². The molecule has 0 aromatic rings. The fourth-order valence-electron chi connectivity index (χ4n) is 8.82. The molecule has 1 aliphatic heterocycles. The monoisotopic (exact) mass is 1080 g/mol. The van der Waals surface area contributed by atoms with Crippen molar-refractivity contribution in [3.05, 3.63) is 109 Å². The molecule has 0 spiro atoms. The van der Waals surface area contributed by atoms with Crippen molar-refractivity contribution in [1.82, 2.24) is 5.32 Å². The van der Waals surface area contributed by atoms with Gasteiger partial charge in [-0.1, -0.05) is 233 Å². The van der Waals surface area contributed by atoms with Crippen molar-refractivity contribution in [1.29, 1.82) is 0 Å². The van der Waals surface area contributed by atoms with Crippen molar-refractivity contribution >= 4 is 11.9 Å². The van der Waals surface area contributed by atoms with Gasteiger partial charge in [0.1, 0.15) is 24.4 Å². The first-order chi connectivity index (χ1) is 37.7. The highest BCUT2D eigenvalue weighted by molar-refractivity contribution is 5.80. The van der Waals surface area contributed by atoms with Crippen LogP contribution >= 0.6 is 0 Å². The predicted molar refractivity (Wildman–Crippen MR) is 319 cm³/mol. The molecule has 0 bridgehead atoms. The fraction of sp³-hybridized carbons (Fsp3) is 0.697. The third kappa shape index (κ3) is 41.1. The Morgan fingerprint density at radius 1 is 0.532 bits per heavy atom. The highest BCUT2D eigenvalue weighted by atomic mass is 16.7. The number of aliphatic hydroxyl groups excluding tert-OH is 5. The Kier molecular flexibility index (Phi) is 49.1. The minimum atomic E-state index is -1.63. The molecule has 0 aromatic carbocycles. The number of carbonyl (C=O) groups is 2. The summed E-state index contributed by atoms with van der Waals surface area (Å²) in [5, 5.41) is 56.9. The summed E-state index contributed by atoms with van der Waals surface area (Å²) in [6.07, 6.45) is 61.2. The van der Waals surface area contributed by atoms with Crippen molar-refractivity contribution in [3.8, 4) is 0 Å². The van der Waals surface area contributed by atoms with Crippen LogP contribution in [0.5, 0.6) is 0 Å². The number of esters is 1. The molecule has 1 fully saturated rings.